The first kappa shape index (κ1) is 12.6. The van der Waals surface area contributed by atoms with E-state index in [4.69, 9.17) is 0 Å². The monoisotopic (exact) mass is 224 g/mol. The van der Waals surface area contributed by atoms with E-state index in [1.807, 2.05) is 0 Å². The van der Waals surface area contributed by atoms with Gasteiger partial charge in [0.2, 0.25) is 5.95 Å². The van der Waals surface area contributed by atoms with Crippen LogP contribution in [0.15, 0.2) is 18.2 Å². The second-order valence-electron chi connectivity index (χ2n) is 4.55. The maximum atomic E-state index is 12.8. The van der Waals surface area contributed by atoms with Gasteiger partial charge in [-0.3, -0.25) is 4.79 Å². The van der Waals surface area contributed by atoms with E-state index in [0.29, 0.717) is 6.54 Å². The molecule has 0 saturated heterocycles. The van der Waals surface area contributed by atoms with Gasteiger partial charge in [0.1, 0.15) is 5.69 Å². The second-order valence-corrected chi connectivity index (χ2v) is 4.55. The highest BCUT2D eigenvalue weighted by atomic mass is 19.1. The minimum Gasteiger partial charge on any atom is -0.350 e. The predicted molar refractivity (Wildman–Crippen MR) is 60.6 cm³/mol. The van der Waals surface area contributed by atoms with Crippen LogP contribution in [0.25, 0.3) is 0 Å². The quantitative estimate of drug-likeness (QED) is 0.798. The summed E-state index contributed by atoms with van der Waals surface area (Å²) in [4.78, 5) is 15.1. The summed E-state index contributed by atoms with van der Waals surface area (Å²) in [5.41, 5.74) is 0.162. The fraction of sp³-hybridized carbons (Fsp3) is 0.500. The Morgan fingerprint density at radius 3 is 2.75 bits per heavy atom. The molecule has 0 fully saturated rings. The van der Waals surface area contributed by atoms with Crippen molar-refractivity contribution in [2.24, 2.45) is 5.41 Å². The lowest BCUT2D eigenvalue weighted by molar-refractivity contribution is 0.0929. The van der Waals surface area contributed by atoms with Gasteiger partial charge < -0.3 is 5.32 Å². The number of hydrogen-bond donors (Lipinski definition) is 1. The second kappa shape index (κ2) is 5.05. The molecule has 16 heavy (non-hydrogen) atoms. The number of carbonyl (C=O) groups is 1. The highest BCUT2D eigenvalue weighted by molar-refractivity contribution is 5.92. The fourth-order valence-corrected chi connectivity index (χ4v) is 1.07. The number of nitrogens with one attached hydrogen (secondary N) is 1. The number of rotatable bonds is 4. The van der Waals surface area contributed by atoms with Gasteiger partial charge in [-0.05, 0) is 24.0 Å². The van der Waals surface area contributed by atoms with Crippen molar-refractivity contribution in [1.29, 1.82) is 0 Å². The molecule has 1 aromatic rings. The fourth-order valence-electron chi connectivity index (χ4n) is 1.07. The zero-order valence-electron chi connectivity index (χ0n) is 9.88. The number of pyridine rings is 1. The number of aromatic nitrogens is 1. The van der Waals surface area contributed by atoms with E-state index in [-0.39, 0.29) is 17.0 Å². The van der Waals surface area contributed by atoms with E-state index in [2.05, 4.69) is 31.1 Å². The molecule has 0 aliphatic heterocycles. The molecule has 1 heterocycles. The van der Waals surface area contributed by atoms with Gasteiger partial charge in [0, 0.05) is 6.54 Å². The van der Waals surface area contributed by atoms with Gasteiger partial charge >= 0.3 is 0 Å². The Kier molecular flexibility index (Phi) is 3.99. The molecular formula is C12H17FN2O. The highest BCUT2D eigenvalue weighted by Gasteiger charge is 2.17. The molecule has 4 heteroatoms. The third-order valence-electron chi connectivity index (χ3n) is 2.63. The lowest BCUT2D eigenvalue weighted by atomic mass is 9.90. The molecule has 0 atom stereocenters. The Hall–Kier alpha value is -1.45. The average molecular weight is 224 g/mol. The van der Waals surface area contributed by atoms with Crippen molar-refractivity contribution in [3.8, 4) is 0 Å². The molecule has 0 saturated carbocycles. The first-order valence-electron chi connectivity index (χ1n) is 5.35. The molecule has 3 nitrogen and oxygen atoms in total. The Morgan fingerprint density at radius 1 is 1.50 bits per heavy atom. The van der Waals surface area contributed by atoms with Crippen LogP contribution in [-0.2, 0) is 0 Å². The molecule has 0 aromatic carbocycles. The number of halogens is 1. The largest absolute Gasteiger partial charge is 0.350 e. The summed E-state index contributed by atoms with van der Waals surface area (Å²) in [6, 6.07) is 4.19. The lowest BCUT2D eigenvalue weighted by Gasteiger charge is -2.22. The van der Waals surface area contributed by atoms with Crippen molar-refractivity contribution in [2.45, 2.75) is 27.2 Å². The van der Waals surface area contributed by atoms with Gasteiger partial charge in [0.25, 0.3) is 5.91 Å². The zero-order valence-corrected chi connectivity index (χ0v) is 9.88. The smallest absolute Gasteiger partial charge is 0.270 e. The minimum absolute atomic E-state index is 0.0446. The summed E-state index contributed by atoms with van der Waals surface area (Å²) < 4.78 is 12.8. The van der Waals surface area contributed by atoms with Crippen LogP contribution in [0, 0.1) is 11.4 Å². The number of amides is 1. The molecule has 1 aromatic heterocycles. The minimum atomic E-state index is -0.637. The van der Waals surface area contributed by atoms with Gasteiger partial charge in [0.15, 0.2) is 0 Å². The van der Waals surface area contributed by atoms with Gasteiger partial charge in [-0.1, -0.05) is 26.8 Å². The topological polar surface area (TPSA) is 42.0 Å². The van der Waals surface area contributed by atoms with E-state index in [1.165, 1.54) is 18.2 Å². The predicted octanol–water partition coefficient (Wildman–Crippen LogP) is 2.39. The molecule has 0 spiro atoms. The van der Waals surface area contributed by atoms with Crippen molar-refractivity contribution in [1.82, 2.24) is 10.3 Å². The van der Waals surface area contributed by atoms with E-state index >= 15 is 0 Å². The zero-order chi connectivity index (χ0) is 12.2. The Bertz CT molecular complexity index is 377. The van der Waals surface area contributed by atoms with E-state index in [0.717, 1.165) is 6.42 Å². The maximum absolute atomic E-state index is 12.8. The van der Waals surface area contributed by atoms with Crippen LogP contribution in [0.5, 0.6) is 0 Å². The van der Waals surface area contributed by atoms with E-state index in [1.54, 1.807) is 0 Å². The summed E-state index contributed by atoms with van der Waals surface area (Å²) in [6.07, 6.45) is 0.962. The van der Waals surface area contributed by atoms with Crippen molar-refractivity contribution < 1.29 is 9.18 Å². The summed E-state index contributed by atoms with van der Waals surface area (Å²) in [7, 11) is 0. The summed E-state index contributed by atoms with van der Waals surface area (Å²) >= 11 is 0. The molecule has 88 valence electrons. The molecule has 1 rings (SSSR count). The standard InChI is InChI=1S/C12H17FN2O/c1-4-12(2,3)8-14-11(16)9-6-5-7-10(13)15-9/h5-7H,4,8H2,1-3H3,(H,14,16). The maximum Gasteiger partial charge on any atom is 0.270 e. The third-order valence-corrected chi connectivity index (χ3v) is 2.63. The molecular weight excluding hydrogens is 207 g/mol. The van der Waals surface area contributed by atoms with Gasteiger partial charge in [-0.15, -0.1) is 0 Å². The van der Waals surface area contributed by atoms with Gasteiger partial charge in [0.05, 0.1) is 0 Å². The van der Waals surface area contributed by atoms with Crippen molar-refractivity contribution in [3.05, 3.63) is 29.8 Å². The van der Waals surface area contributed by atoms with Gasteiger partial charge in [-0.2, -0.15) is 4.39 Å². The highest BCUT2D eigenvalue weighted by Crippen LogP contribution is 2.17. The first-order valence-corrected chi connectivity index (χ1v) is 5.35. The van der Waals surface area contributed by atoms with E-state index < -0.39 is 5.95 Å². The van der Waals surface area contributed by atoms with Crippen LogP contribution in [0.1, 0.15) is 37.7 Å². The molecule has 0 unspecified atom stereocenters. The Morgan fingerprint density at radius 2 is 2.19 bits per heavy atom. The average Bonchev–Trinajstić information content (AvgIpc) is 2.26. The van der Waals surface area contributed by atoms with Crippen LogP contribution < -0.4 is 5.32 Å². The molecule has 0 radical (unpaired) electrons. The number of nitrogens with zero attached hydrogens (tertiary/aromatic N) is 1. The Balaban J connectivity index is 2.60. The molecule has 1 N–H and O–H groups in total. The van der Waals surface area contributed by atoms with Crippen LogP contribution in [0.3, 0.4) is 0 Å². The molecule has 1 amide bonds. The lowest BCUT2D eigenvalue weighted by Crippen LogP contribution is -2.34. The number of hydrogen-bond acceptors (Lipinski definition) is 2. The molecule has 0 aliphatic carbocycles. The van der Waals surface area contributed by atoms with Crippen LogP contribution in [0.2, 0.25) is 0 Å². The van der Waals surface area contributed by atoms with Crippen LogP contribution >= 0.6 is 0 Å². The third kappa shape index (κ3) is 3.61. The molecule has 0 aliphatic rings. The van der Waals surface area contributed by atoms with Crippen molar-refractivity contribution in [3.63, 3.8) is 0 Å². The van der Waals surface area contributed by atoms with Crippen LogP contribution in [0.4, 0.5) is 4.39 Å². The Labute approximate surface area is 95.1 Å². The number of carbonyl (C=O) groups excluding carboxylic acids is 1. The van der Waals surface area contributed by atoms with Crippen molar-refractivity contribution in [2.75, 3.05) is 6.54 Å². The summed E-state index contributed by atoms with van der Waals surface area (Å²) in [5.74, 6) is -0.969. The SMILES string of the molecule is CCC(C)(C)CNC(=O)c1cccc(F)n1. The summed E-state index contributed by atoms with van der Waals surface area (Å²) in [5, 5.41) is 2.75. The first-order chi connectivity index (χ1) is 7.44. The normalized spacial score (nSPS) is 11.2. The van der Waals surface area contributed by atoms with Crippen molar-refractivity contribution >= 4 is 5.91 Å². The van der Waals surface area contributed by atoms with Gasteiger partial charge in [-0.25, -0.2) is 4.98 Å². The summed E-state index contributed by atoms with van der Waals surface area (Å²) in [6.45, 7) is 6.74. The van der Waals surface area contributed by atoms with Crippen LogP contribution in [-0.4, -0.2) is 17.4 Å². The van der Waals surface area contributed by atoms with E-state index in [9.17, 15) is 9.18 Å². The molecule has 0 bridgehead atoms.